The zero-order chi connectivity index (χ0) is 32.2. The van der Waals surface area contributed by atoms with Gasteiger partial charge in [-0.25, -0.2) is 14.6 Å². The van der Waals surface area contributed by atoms with Gasteiger partial charge >= 0.3 is 18.1 Å². The fraction of sp³-hybridized carbons (Fsp3) is 0.310. The molecule has 0 bridgehead atoms. The molecule has 0 radical (unpaired) electrons. The Morgan fingerprint density at radius 2 is 1.75 bits per heavy atom. The molecule has 1 atom stereocenters. The minimum Gasteiger partial charge on any atom is -0.490 e. The average Bonchev–Trinajstić information content (AvgIpc) is 3.26. The van der Waals surface area contributed by atoms with Crippen molar-refractivity contribution in [2.75, 3.05) is 26.4 Å². The number of allylic oxidation sites excluding steroid dienone is 1. The third-order valence-electron chi connectivity index (χ3n) is 6.05. The molecule has 0 saturated heterocycles. The van der Waals surface area contributed by atoms with E-state index in [1.807, 2.05) is 0 Å². The molecular formula is C29H25BrClF3N2O7S. The monoisotopic (exact) mass is 716 g/mol. The normalized spacial score (nSPS) is 15.0. The van der Waals surface area contributed by atoms with E-state index in [0.29, 0.717) is 15.1 Å². The fourth-order valence-electron chi connectivity index (χ4n) is 4.36. The molecule has 0 unspecified atom stereocenters. The van der Waals surface area contributed by atoms with Gasteiger partial charge in [0.05, 0.1) is 40.4 Å². The van der Waals surface area contributed by atoms with Crippen LogP contribution >= 0.6 is 38.9 Å². The van der Waals surface area contributed by atoms with Crippen molar-refractivity contribution in [1.82, 2.24) is 4.57 Å². The highest BCUT2D eigenvalue weighted by Gasteiger charge is 2.45. The number of thiazole rings is 1. The van der Waals surface area contributed by atoms with Crippen molar-refractivity contribution in [2.24, 2.45) is 4.99 Å². The largest absolute Gasteiger partial charge is 0.490 e. The van der Waals surface area contributed by atoms with E-state index in [2.05, 4.69) is 20.9 Å². The summed E-state index contributed by atoms with van der Waals surface area (Å²) in [6, 6.07) is 7.40. The van der Waals surface area contributed by atoms with E-state index in [4.69, 9.17) is 30.5 Å². The highest BCUT2D eigenvalue weighted by Crippen LogP contribution is 2.39. The topological polar surface area (TPSA) is 105 Å². The molecule has 0 N–H and O–H groups in total. The van der Waals surface area contributed by atoms with Crippen LogP contribution in [0.3, 0.4) is 0 Å². The number of rotatable bonds is 10. The van der Waals surface area contributed by atoms with Crippen LogP contribution in [-0.2, 0) is 19.1 Å². The van der Waals surface area contributed by atoms with E-state index >= 15 is 0 Å². The molecule has 0 saturated carbocycles. The van der Waals surface area contributed by atoms with Gasteiger partial charge in [-0.15, -0.1) is 0 Å². The molecule has 0 fully saturated rings. The number of hydrogen-bond acceptors (Lipinski definition) is 9. The summed E-state index contributed by atoms with van der Waals surface area (Å²) < 4.78 is 65.6. The van der Waals surface area contributed by atoms with Crippen molar-refractivity contribution >= 4 is 56.9 Å². The molecule has 1 aliphatic rings. The van der Waals surface area contributed by atoms with Crippen molar-refractivity contribution in [3.05, 3.63) is 88.0 Å². The van der Waals surface area contributed by atoms with Crippen LogP contribution in [0.25, 0.3) is 6.08 Å². The molecule has 2 heterocycles. The standard InChI is InChI=1S/C29H25BrClF3N2O7S/c1-4-40-19-12-15(11-18(30)24(19)43-14-21(37)41-5-2)13-20-26(38)36-23(16-7-9-17(31)10-8-16)22(27(39)42-6-3)25(29(32,33)34)35-28(36)44-20/h7-13,23H,4-6,14H2,1-3H3/b20-13-/t23-/m1/s1. The zero-order valence-electron chi connectivity index (χ0n) is 23.5. The number of fused-ring (bicyclic) bond motifs is 1. The minimum atomic E-state index is -5.03. The van der Waals surface area contributed by atoms with Crippen LogP contribution in [0.5, 0.6) is 11.5 Å². The van der Waals surface area contributed by atoms with Gasteiger partial charge in [-0.1, -0.05) is 35.1 Å². The number of ether oxygens (including phenoxy) is 4. The first-order valence-electron chi connectivity index (χ1n) is 13.2. The summed E-state index contributed by atoms with van der Waals surface area (Å²) in [6.45, 7) is 4.72. The van der Waals surface area contributed by atoms with Crippen LogP contribution < -0.4 is 24.4 Å². The Hall–Kier alpha value is -3.62. The van der Waals surface area contributed by atoms with Gasteiger partial charge in [-0.3, -0.25) is 9.36 Å². The van der Waals surface area contributed by atoms with Gasteiger partial charge in [-0.2, -0.15) is 13.2 Å². The van der Waals surface area contributed by atoms with Gasteiger partial charge in [0.2, 0.25) is 0 Å². The van der Waals surface area contributed by atoms with Crippen molar-refractivity contribution in [3.8, 4) is 11.5 Å². The predicted molar refractivity (Wildman–Crippen MR) is 160 cm³/mol. The summed E-state index contributed by atoms with van der Waals surface area (Å²) in [5.74, 6) is -1.37. The smallest absolute Gasteiger partial charge is 0.434 e. The van der Waals surface area contributed by atoms with Crippen LogP contribution in [-0.4, -0.2) is 49.1 Å². The predicted octanol–water partition coefficient (Wildman–Crippen LogP) is 5.10. The first-order valence-corrected chi connectivity index (χ1v) is 15.2. The third-order valence-corrected chi connectivity index (χ3v) is 7.87. The first-order chi connectivity index (χ1) is 20.9. The van der Waals surface area contributed by atoms with Gasteiger partial charge in [0.1, 0.15) is 0 Å². The van der Waals surface area contributed by atoms with Crippen molar-refractivity contribution < 1.29 is 41.7 Å². The molecule has 0 spiro atoms. The summed E-state index contributed by atoms with van der Waals surface area (Å²) in [4.78, 5) is 42.1. The Bertz CT molecular complexity index is 1790. The van der Waals surface area contributed by atoms with E-state index < -0.39 is 41.0 Å². The maximum Gasteiger partial charge on any atom is 0.434 e. The number of esters is 2. The number of benzene rings is 2. The summed E-state index contributed by atoms with van der Waals surface area (Å²) in [7, 11) is 0. The Balaban J connectivity index is 1.91. The molecule has 4 rings (SSSR count). The second-order valence-electron chi connectivity index (χ2n) is 8.97. The number of alkyl halides is 3. The molecule has 2 aromatic carbocycles. The number of aromatic nitrogens is 1. The van der Waals surface area contributed by atoms with E-state index in [9.17, 15) is 27.6 Å². The number of halogens is 5. The second-order valence-corrected chi connectivity index (χ2v) is 11.3. The van der Waals surface area contributed by atoms with Crippen LogP contribution in [0.4, 0.5) is 13.2 Å². The molecule has 44 heavy (non-hydrogen) atoms. The Morgan fingerprint density at radius 3 is 2.36 bits per heavy atom. The molecule has 3 aromatic rings. The Morgan fingerprint density at radius 1 is 1.07 bits per heavy atom. The van der Waals surface area contributed by atoms with Gasteiger partial charge in [0.25, 0.3) is 5.56 Å². The summed E-state index contributed by atoms with van der Waals surface area (Å²) in [5.41, 5.74) is -2.32. The maximum absolute atomic E-state index is 14.3. The maximum atomic E-state index is 14.3. The van der Waals surface area contributed by atoms with Crippen molar-refractivity contribution in [1.29, 1.82) is 0 Å². The van der Waals surface area contributed by atoms with Crippen LogP contribution in [0.15, 0.2) is 61.9 Å². The molecule has 1 aliphatic heterocycles. The zero-order valence-corrected chi connectivity index (χ0v) is 26.7. The van der Waals surface area contributed by atoms with Gasteiger partial charge in [-0.05, 0) is 78.2 Å². The fourth-order valence-corrected chi connectivity index (χ4v) is 6.06. The van der Waals surface area contributed by atoms with Crippen molar-refractivity contribution in [3.63, 3.8) is 0 Å². The SMILES string of the molecule is CCOC(=O)COc1c(Br)cc(/C=c2\sc3n(c2=O)[C@H](c2ccc(Cl)cc2)C(C(=O)OCC)=C(C(F)(F)F)N=3)cc1OCC. The van der Waals surface area contributed by atoms with Crippen LogP contribution in [0, 0.1) is 0 Å². The Kier molecular flexibility index (Phi) is 10.6. The highest BCUT2D eigenvalue weighted by atomic mass is 79.9. The van der Waals surface area contributed by atoms with Crippen LogP contribution in [0.2, 0.25) is 5.02 Å². The summed E-state index contributed by atoms with van der Waals surface area (Å²) in [6.07, 6.45) is -3.58. The van der Waals surface area contributed by atoms with Gasteiger partial charge in [0, 0.05) is 5.02 Å². The van der Waals surface area contributed by atoms with E-state index in [1.165, 1.54) is 37.3 Å². The molecule has 0 aliphatic carbocycles. The molecular weight excluding hydrogens is 693 g/mol. The Labute approximate surface area is 266 Å². The second kappa shape index (κ2) is 14.0. The summed E-state index contributed by atoms with van der Waals surface area (Å²) in [5, 5.41) is 0.309. The van der Waals surface area contributed by atoms with Crippen LogP contribution in [0.1, 0.15) is 37.9 Å². The highest BCUT2D eigenvalue weighted by molar-refractivity contribution is 9.10. The minimum absolute atomic E-state index is 0.0314. The molecule has 9 nitrogen and oxygen atoms in total. The lowest BCUT2D eigenvalue weighted by atomic mass is 9.95. The van der Waals surface area contributed by atoms with E-state index in [1.54, 1.807) is 26.0 Å². The quantitative estimate of drug-likeness (QED) is 0.269. The van der Waals surface area contributed by atoms with E-state index in [-0.39, 0.29) is 52.8 Å². The lowest BCUT2D eigenvalue weighted by Gasteiger charge is -2.26. The molecule has 1 aromatic heterocycles. The number of carbonyl (C=O) groups is 2. The van der Waals surface area contributed by atoms with E-state index in [0.717, 1.165) is 15.9 Å². The van der Waals surface area contributed by atoms with Gasteiger partial charge < -0.3 is 18.9 Å². The molecule has 15 heteroatoms. The summed E-state index contributed by atoms with van der Waals surface area (Å²) >= 11 is 10.1. The molecule has 234 valence electrons. The number of hydrogen-bond donors (Lipinski definition) is 0. The average molecular weight is 718 g/mol. The van der Waals surface area contributed by atoms with Gasteiger partial charge in [0.15, 0.2) is 28.6 Å². The van der Waals surface area contributed by atoms with Crippen molar-refractivity contribution in [2.45, 2.75) is 33.0 Å². The molecule has 0 amide bonds. The first kappa shape index (κ1) is 33.3. The lowest BCUT2D eigenvalue weighted by Crippen LogP contribution is -2.41. The number of carbonyl (C=O) groups excluding carboxylic acids is 2. The lowest BCUT2D eigenvalue weighted by molar-refractivity contribution is -0.145. The number of nitrogens with zero attached hydrogens (tertiary/aromatic N) is 2. The third kappa shape index (κ3) is 7.19.